The number of phenolic OH excluding ortho intramolecular Hbond substituents is 1. The standard InChI is InChI=1S/C21H22F2N2O4/c1-21(2,3)29-20(27)25-10-9-24-19(25)13-7-8-14(15(22)11-13)12-28-17-6-4-5-16(26)18(17)23/h4-8,11,26H,9-10,12H2,1-3H3. The monoisotopic (exact) mass is 404 g/mol. The lowest BCUT2D eigenvalue weighted by Gasteiger charge is -2.25. The Bertz CT molecular complexity index is 954. The lowest BCUT2D eigenvalue weighted by atomic mass is 10.1. The number of carbonyl (C=O) groups is 1. The van der Waals surface area contributed by atoms with Gasteiger partial charge in [0.1, 0.15) is 23.9 Å². The van der Waals surface area contributed by atoms with Crippen LogP contribution >= 0.6 is 0 Å². The van der Waals surface area contributed by atoms with E-state index in [1.807, 2.05) is 0 Å². The topological polar surface area (TPSA) is 71.4 Å². The van der Waals surface area contributed by atoms with Gasteiger partial charge in [-0.05, 0) is 39.0 Å². The molecule has 0 radical (unpaired) electrons. The van der Waals surface area contributed by atoms with Crippen LogP contribution in [0.15, 0.2) is 41.4 Å². The van der Waals surface area contributed by atoms with E-state index in [0.717, 1.165) is 0 Å². The van der Waals surface area contributed by atoms with Gasteiger partial charge in [-0.1, -0.05) is 18.2 Å². The van der Waals surface area contributed by atoms with Crippen LogP contribution in [0.4, 0.5) is 13.6 Å². The molecule has 1 aliphatic rings. The average molecular weight is 404 g/mol. The van der Waals surface area contributed by atoms with Gasteiger partial charge < -0.3 is 14.6 Å². The molecule has 1 amide bonds. The number of carbonyl (C=O) groups excluding carboxylic acids is 1. The van der Waals surface area contributed by atoms with Crippen LogP contribution < -0.4 is 4.74 Å². The Labute approximate surface area is 167 Å². The number of phenols is 1. The van der Waals surface area contributed by atoms with Crippen molar-refractivity contribution in [3.8, 4) is 11.5 Å². The van der Waals surface area contributed by atoms with Gasteiger partial charge >= 0.3 is 6.09 Å². The molecule has 0 bridgehead atoms. The molecule has 29 heavy (non-hydrogen) atoms. The van der Waals surface area contributed by atoms with Gasteiger partial charge in [-0.15, -0.1) is 0 Å². The number of halogens is 2. The SMILES string of the molecule is CC(C)(C)OC(=O)N1CCN=C1c1ccc(COc2cccc(O)c2F)c(F)c1. The van der Waals surface area contributed by atoms with Crippen molar-refractivity contribution in [3.05, 3.63) is 59.2 Å². The first-order valence-corrected chi connectivity index (χ1v) is 9.10. The minimum atomic E-state index is -0.905. The highest BCUT2D eigenvalue weighted by Crippen LogP contribution is 2.26. The molecule has 0 aromatic heterocycles. The summed E-state index contributed by atoms with van der Waals surface area (Å²) in [6.45, 7) is 5.82. The maximum atomic E-state index is 14.6. The third kappa shape index (κ3) is 4.82. The summed E-state index contributed by atoms with van der Waals surface area (Å²) in [4.78, 5) is 18.0. The van der Waals surface area contributed by atoms with Crippen molar-refractivity contribution in [2.45, 2.75) is 33.0 Å². The number of rotatable bonds is 4. The first-order chi connectivity index (χ1) is 13.7. The van der Waals surface area contributed by atoms with Crippen molar-refractivity contribution in [1.82, 2.24) is 4.90 Å². The molecule has 0 saturated heterocycles. The van der Waals surface area contributed by atoms with Crippen molar-refractivity contribution in [2.24, 2.45) is 4.99 Å². The number of hydrogen-bond acceptors (Lipinski definition) is 5. The van der Waals surface area contributed by atoms with E-state index in [2.05, 4.69) is 4.99 Å². The molecule has 2 aromatic rings. The Balaban J connectivity index is 1.73. The highest BCUT2D eigenvalue weighted by atomic mass is 19.1. The van der Waals surface area contributed by atoms with Crippen LogP contribution in [0, 0.1) is 11.6 Å². The normalized spacial score (nSPS) is 14.0. The average Bonchev–Trinajstić information content (AvgIpc) is 3.12. The summed E-state index contributed by atoms with van der Waals surface area (Å²) in [5.74, 6) is -1.87. The quantitative estimate of drug-likeness (QED) is 0.827. The summed E-state index contributed by atoms with van der Waals surface area (Å²) in [5.41, 5.74) is -0.0321. The van der Waals surface area contributed by atoms with Crippen LogP contribution in [0.1, 0.15) is 31.9 Å². The van der Waals surface area contributed by atoms with Gasteiger partial charge in [0.2, 0.25) is 5.82 Å². The van der Waals surface area contributed by atoms with E-state index < -0.39 is 29.1 Å². The third-order valence-electron chi connectivity index (χ3n) is 4.09. The lowest BCUT2D eigenvalue weighted by Crippen LogP contribution is -2.39. The predicted octanol–water partition coefficient (Wildman–Crippen LogP) is 4.25. The fourth-order valence-electron chi connectivity index (χ4n) is 2.76. The van der Waals surface area contributed by atoms with E-state index in [0.29, 0.717) is 24.5 Å². The van der Waals surface area contributed by atoms with Crippen LogP contribution in [-0.2, 0) is 11.3 Å². The summed E-state index contributed by atoms with van der Waals surface area (Å²) < 4.78 is 39.0. The summed E-state index contributed by atoms with van der Waals surface area (Å²) in [6, 6.07) is 8.31. The van der Waals surface area contributed by atoms with Crippen LogP contribution in [0.2, 0.25) is 0 Å². The van der Waals surface area contributed by atoms with Crippen LogP contribution in [-0.4, -0.2) is 40.6 Å². The molecular weight excluding hydrogens is 382 g/mol. The van der Waals surface area contributed by atoms with Crippen molar-refractivity contribution >= 4 is 11.9 Å². The number of aliphatic imine (C=N–C) groups is 1. The van der Waals surface area contributed by atoms with Gasteiger partial charge in [0.05, 0.1) is 13.1 Å². The Morgan fingerprint density at radius 3 is 2.69 bits per heavy atom. The Morgan fingerprint density at radius 1 is 1.24 bits per heavy atom. The fraction of sp³-hybridized carbons (Fsp3) is 0.333. The predicted molar refractivity (Wildman–Crippen MR) is 103 cm³/mol. The molecular formula is C21H22F2N2O4. The van der Waals surface area contributed by atoms with E-state index in [4.69, 9.17) is 9.47 Å². The van der Waals surface area contributed by atoms with E-state index in [9.17, 15) is 18.7 Å². The maximum Gasteiger partial charge on any atom is 0.416 e. The molecule has 2 aromatic carbocycles. The zero-order chi connectivity index (χ0) is 21.2. The number of ether oxygens (including phenoxy) is 2. The smallest absolute Gasteiger partial charge is 0.416 e. The molecule has 154 valence electrons. The van der Waals surface area contributed by atoms with Gasteiger partial charge in [0.25, 0.3) is 0 Å². The Morgan fingerprint density at radius 2 is 2.00 bits per heavy atom. The molecule has 1 aliphatic heterocycles. The molecule has 0 atom stereocenters. The number of benzene rings is 2. The number of aromatic hydroxyl groups is 1. The van der Waals surface area contributed by atoms with E-state index in [1.54, 1.807) is 26.8 Å². The van der Waals surface area contributed by atoms with Crippen LogP contribution in [0.25, 0.3) is 0 Å². The molecule has 1 heterocycles. The summed E-state index contributed by atoms with van der Waals surface area (Å²) in [6.07, 6.45) is -0.541. The summed E-state index contributed by atoms with van der Waals surface area (Å²) in [7, 11) is 0. The van der Waals surface area contributed by atoms with Gasteiger partial charge in [-0.25, -0.2) is 9.18 Å². The van der Waals surface area contributed by atoms with Crippen LogP contribution in [0.3, 0.4) is 0 Å². The van der Waals surface area contributed by atoms with Gasteiger partial charge in [0.15, 0.2) is 11.5 Å². The van der Waals surface area contributed by atoms with Crippen molar-refractivity contribution in [3.63, 3.8) is 0 Å². The second-order valence-electron chi connectivity index (χ2n) is 7.52. The zero-order valence-electron chi connectivity index (χ0n) is 16.4. The van der Waals surface area contributed by atoms with Crippen LogP contribution in [0.5, 0.6) is 11.5 Å². The zero-order valence-corrected chi connectivity index (χ0v) is 16.4. The molecule has 0 aliphatic carbocycles. The highest BCUT2D eigenvalue weighted by Gasteiger charge is 2.29. The maximum absolute atomic E-state index is 14.6. The first-order valence-electron chi connectivity index (χ1n) is 9.10. The molecule has 3 rings (SSSR count). The van der Waals surface area contributed by atoms with E-state index in [-0.39, 0.29) is 17.9 Å². The van der Waals surface area contributed by atoms with Gasteiger partial charge in [0, 0.05) is 11.1 Å². The number of amides is 1. The molecule has 1 N–H and O–H groups in total. The number of hydrogen-bond donors (Lipinski definition) is 1. The molecule has 6 nitrogen and oxygen atoms in total. The Kier molecular flexibility index (Phi) is 5.72. The number of nitrogens with zero attached hydrogens (tertiary/aromatic N) is 2. The van der Waals surface area contributed by atoms with Crippen molar-refractivity contribution in [2.75, 3.05) is 13.1 Å². The molecule has 0 spiro atoms. The van der Waals surface area contributed by atoms with Crippen molar-refractivity contribution in [1.29, 1.82) is 0 Å². The van der Waals surface area contributed by atoms with Gasteiger partial charge in [-0.3, -0.25) is 9.89 Å². The molecule has 8 heteroatoms. The summed E-state index contributed by atoms with van der Waals surface area (Å²) >= 11 is 0. The van der Waals surface area contributed by atoms with Gasteiger partial charge in [-0.2, -0.15) is 4.39 Å². The summed E-state index contributed by atoms with van der Waals surface area (Å²) in [5, 5.41) is 9.37. The fourth-order valence-corrected chi connectivity index (χ4v) is 2.76. The highest BCUT2D eigenvalue weighted by molar-refractivity contribution is 6.07. The Hall–Kier alpha value is -3.16. The first kappa shape index (κ1) is 20.6. The largest absolute Gasteiger partial charge is 0.505 e. The molecule has 0 fully saturated rings. The number of amidine groups is 1. The van der Waals surface area contributed by atoms with E-state index in [1.165, 1.54) is 35.2 Å². The lowest BCUT2D eigenvalue weighted by molar-refractivity contribution is 0.0384. The van der Waals surface area contributed by atoms with E-state index >= 15 is 0 Å². The molecule has 0 saturated carbocycles. The van der Waals surface area contributed by atoms with Crippen molar-refractivity contribution < 1.29 is 28.2 Å². The third-order valence-corrected chi connectivity index (χ3v) is 4.09. The minimum absolute atomic E-state index is 0.176. The minimum Gasteiger partial charge on any atom is -0.505 e. The molecule has 0 unspecified atom stereocenters. The second kappa shape index (κ2) is 8.06. The second-order valence-corrected chi connectivity index (χ2v) is 7.52.